The van der Waals surface area contributed by atoms with E-state index in [-0.39, 0.29) is 0 Å². The van der Waals surface area contributed by atoms with Crippen LogP contribution in [0.2, 0.25) is 5.02 Å². The number of nitrogens with one attached hydrogen (secondary N) is 1. The molecule has 18 heavy (non-hydrogen) atoms. The van der Waals surface area contributed by atoms with E-state index >= 15 is 0 Å². The maximum Gasteiger partial charge on any atom is 0.137 e. The standard InChI is InChI=1S/C14H13BrClNO/c15-11-5-7-12(8-6-11)17-9-10-18-14-4-2-1-3-13(14)16/h1-8,17H,9-10H2. The quantitative estimate of drug-likeness (QED) is 0.811. The summed E-state index contributed by atoms with van der Waals surface area (Å²) in [6.45, 7) is 1.30. The van der Waals surface area contributed by atoms with Gasteiger partial charge in [-0.2, -0.15) is 0 Å². The molecule has 0 fully saturated rings. The Bertz CT molecular complexity index is 501. The van der Waals surface area contributed by atoms with Crippen molar-refractivity contribution in [1.29, 1.82) is 0 Å². The Morgan fingerprint density at radius 1 is 1.06 bits per heavy atom. The van der Waals surface area contributed by atoms with Gasteiger partial charge in [-0.3, -0.25) is 0 Å². The van der Waals surface area contributed by atoms with Crippen LogP contribution in [0.3, 0.4) is 0 Å². The molecule has 2 aromatic rings. The van der Waals surface area contributed by atoms with Gasteiger partial charge in [0.1, 0.15) is 12.4 Å². The van der Waals surface area contributed by atoms with Crippen LogP contribution in [-0.4, -0.2) is 13.2 Å². The monoisotopic (exact) mass is 325 g/mol. The van der Waals surface area contributed by atoms with E-state index in [4.69, 9.17) is 16.3 Å². The van der Waals surface area contributed by atoms with Gasteiger partial charge in [-0.05, 0) is 36.4 Å². The zero-order valence-electron chi connectivity index (χ0n) is 9.70. The Hall–Kier alpha value is -1.19. The lowest BCUT2D eigenvalue weighted by Gasteiger charge is -2.09. The van der Waals surface area contributed by atoms with E-state index in [0.29, 0.717) is 11.6 Å². The van der Waals surface area contributed by atoms with Gasteiger partial charge in [0, 0.05) is 16.7 Å². The maximum absolute atomic E-state index is 5.99. The second kappa shape index (κ2) is 6.66. The molecular formula is C14H13BrClNO. The molecule has 0 unspecified atom stereocenters. The molecule has 4 heteroatoms. The van der Waals surface area contributed by atoms with Crippen molar-refractivity contribution in [2.45, 2.75) is 0 Å². The molecule has 0 bridgehead atoms. The van der Waals surface area contributed by atoms with E-state index in [1.807, 2.05) is 48.5 Å². The van der Waals surface area contributed by atoms with Gasteiger partial charge in [-0.15, -0.1) is 0 Å². The molecule has 0 aromatic heterocycles. The van der Waals surface area contributed by atoms with E-state index in [9.17, 15) is 0 Å². The molecule has 0 radical (unpaired) electrons. The normalized spacial score (nSPS) is 10.1. The Balaban J connectivity index is 1.76. The second-order valence-corrected chi connectivity index (χ2v) is 5.04. The number of anilines is 1. The largest absolute Gasteiger partial charge is 0.490 e. The Kier molecular flexibility index (Phi) is 4.90. The van der Waals surface area contributed by atoms with Crippen LogP contribution in [0.25, 0.3) is 0 Å². The second-order valence-electron chi connectivity index (χ2n) is 3.71. The fraction of sp³-hybridized carbons (Fsp3) is 0.143. The SMILES string of the molecule is Clc1ccccc1OCCNc1ccc(Br)cc1. The van der Waals surface area contributed by atoms with Crippen molar-refractivity contribution in [2.75, 3.05) is 18.5 Å². The summed E-state index contributed by atoms with van der Waals surface area (Å²) in [5, 5.41) is 3.91. The summed E-state index contributed by atoms with van der Waals surface area (Å²) in [5.74, 6) is 0.719. The van der Waals surface area contributed by atoms with Gasteiger partial charge in [0.2, 0.25) is 0 Å². The zero-order valence-corrected chi connectivity index (χ0v) is 12.0. The average Bonchev–Trinajstić information content (AvgIpc) is 2.39. The van der Waals surface area contributed by atoms with Crippen molar-refractivity contribution < 1.29 is 4.74 Å². The smallest absolute Gasteiger partial charge is 0.137 e. The van der Waals surface area contributed by atoms with Crippen LogP contribution in [0.5, 0.6) is 5.75 Å². The molecular weight excluding hydrogens is 314 g/mol. The van der Waals surface area contributed by atoms with Crippen LogP contribution >= 0.6 is 27.5 Å². The molecule has 0 aliphatic rings. The summed E-state index contributed by atoms with van der Waals surface area (Å²) in [7, 11) is 0. The predicted octanol–water partition coefficient (Wildman–Crippen LogP) is 4.59. The van der Waals surface area contributed by atoms with Crippen LogP contribution in [0.15, 0.2) is 53.0 Å². The van der Waals surface area contributed by atoms with Crippen LogP contribution in [-0.2, 0) is 0 Å². The summed E-state index contributed by atoms with van der Waals surface area (Å²) in [6, 6.07) is 15.5. The van der Waals surface area contributed by atoms with Crippen molar-refractivity contribution in [1.82, 2.24) is 0 Å². The van der Waals surface area contributed by atoms with Crippen LogP contribution < -0.4 is 10.1 Å². The van der Waals surface area contributed by atoms with Gasteiger partial charge >= 0.3 is 0 Å². The Morgan fingerprint density at radius 2 is 1.78 bits per heavy atom. The summed E-state index contributed by atoms with van der Waals surface area (Å²) < 4.78 is 6.65. The van der Waals surface area contributed by atoms with Gasteiger partial charge in [-0.1, -0.05) is 39.7 Å². The minimum atomic E-state index is 0.569. The van der Waals surface area contributed by atoms with Gasteiger partial charge in [0.25, 0.3) is 0 Å². The van der Waals surface area contributed by atoms with Crippen molar-refractivity contribution >= 4 is 33.2 Å². The highest BCUT2D eigenvalue weighted by Crippen LogP contribution is 2.22. The first-order valence-corrected chi connectivity index (χ1v) is 6.79. The van der Waals surface area contributed by atoms with Crippen molar-refractivity contribution in [2.24, 2.45) is 0 Å². The molecule has 2 rings (SSSR count). The molecule has 0 aliphatic carbocycles. The highest BCUT2D eigenvalue weighted by molar-refractivity contribution is 9.10. The highest BCUT2D eigenvalue weighted by Gasteiger charge is 1.98. The number of hydrogen-bond donors (Lipinski definition) is 1. The third-order valence-corrected chi connectivity index (χ3v) is 3.21. The lowest BCUT2D eigenvalue weighted by Crippen LogP contribution is -2.11. The lowest BCUT2D eigenvalue weighted by atomic mass is 10.3. The number of para-hydroxylation sites is 1. The summed E-state index contributed by atoms with van der Waals surface area (Å²) >= 11 is 9.39. The Labute approximate surface area is 120 Å². The lowest BCUT2D eigenvalue weighted by molar-refractivity contribution is 0.333. The van der Waals surface area contributed by atoms with E-state index in [0.717, 1.165) is 22.5 Å². The van der Waals surface area contributed by atoms with Crippen molar-refractivity contribution in [3.05, 3.63) is 58.0 Å². The van der Waals surface area contributed by atoms with Gasteiger partial charge < -0.3 is 10.1 Å². The van der Waals surface area contributed by atoms with E-state index in [1.165, 1.54) is 0 Å². The van der Waals surface area contributed by atoms with E-state index < -0.39 is 0 Å². The maximum atomic E-state index is 5.99. The van der Waals surface area contributed by atoms with Crippen molar-refractivity contribution in [3.63, 3.8) is 0 Å². The van der Waals surface area contributed by atoms with Crippen LogP contribution in [0, 0.1) is 0 Å². The van der Waals surface area contributed by atoms with Gasteiger partial charge in [0.05, 0.1) is 5.02 Å². The molecule has 2 aromatic carbocycles. The number of benzene rings is 2. The molecule has 0 atom stereocenters. The first-order chi connectivity index (χ1) is 8.75. The molecule has 2 nitrogen and oxygen atoms in total. The minimum Gasteiger partial charge on any atom is -0.490 e. The molecule has 0 amide bonds. The molecule has 0 heterocycles. The third-order valence-electron chi connectivity index (χ3n) is 2.37. The Morgan fingerprint density at radius 3 is 2.50 bits per heavy atom. The minimum absolute atomic E-state index is 0.569. The summed E-state index contributed by atoms with van der Waals surface area (Å²) in [6.07, 6.45) is 0. The summed E-state index contributed by atoms with van der Waals surface area (Å²) in [5.41, 5.74) is 1.07. The molecule has 0 spiro atoms. The molecule has 0 aliphatic heterocycles. The molecule has 0 saturated heterocycles. The number of ether oxygens (including phenoxy) is 1. The van der Waals surface area contributed by atoms with Crippen LogP contribution in [0.4, 0.5) is 5.69 Å². The van der Waals surface area contributed by atoms with Crippen LogP contribution in [0.1, 0.15) is 0 Å². The third kappa shape index (κ3) is 3.93. The molecule has 0 saturated carbocycles. The zero-order chi connectivity index (χ0) is 12.8. The molecule has 1 N–H and O–H groups in total. The average molecular weight is 327 g/mol. The summed E-state index contributed by atoms with van der Waals surface area (Å²) in [4.78, 5) is 0. The van der Waals surface area contributed by atoms with Crippen molar-refractivity contribution in [3.8, 4) is 5.75 Å². The van der Waals surface area contributed by atoms with Gasteiger partial charge in [0.15, 0.2) is 0 Å². The highest BCUT2D eigenvalue weighted by atomic mass is 79.9. The van der Waals surface area contributed by atoms with E-state index in [2.05, 4.69) is 21.2 Å². The van der Waals surface area contributed by atoms with E-state index in [1.54, 1.807) is 0 Å². The first-order valence-electron chi connectivity index (χ1n) is 5.62. The molecule has 94 valence electrons. The fourth-order valence-corrected chi connectivity index (χ4v) is 1.94. The van der Waals surface area contributed by atoms with Gasteiger partial charge in [-0.25, -0.2) is 0 Å². The number of rotatable bonds is 5. The number of halogens is 2. The predicted molar refractivity (Wildman–Crippen MR) is 79.6 cm³/mol. The fourth-order valence-electron chi connectivity index (χ4n) is 1.49. The first kappa shape index (κ1) is 13.2. The topological polar surface area (TPSA) is 21.3 Å². The number of hydrogen-bond acceptors (Lipinski definition) is 2.